The van der Waals surface area contributed by atoms with Crippen molar-refractivity contribution in [1.29, 1.82) is 0 Å². The summed E-state index contributed by atoms with van der Waals surface area (Å²) in [5, 5.41) is 0.679. The number of aromatic nitrogens is 2. The van der Waals surface area contributed by atoms with Gasteiger partial charge in [-0.25, -0.2) is 9.37 Å². The van der Waals surface area contributed by atoms with Gasteiger partial charge in [-0.15, -0.1) is 0 Å². The summed E-state index contributed by atoms with van der Waals surface area (Å²) in [5.41, 5.74) is 0. The second kappa shape index (κ2) is 8.24. The molecular weight excluding hydrogens is 317 g/mol. The number of halogens is 1. The standard InChI is InChI=1S/C16H18FN3O2S/c17-13-1-3-14(4-2-13)22-15-5-6-18-16(19-15)23-12-9-20-7-10-21-11-8-20/h1-6H,7-12H2. The first-order valence-corrected chi connectivity index (χ1v) is 8.47. The molecule has 1 aliphatic heterocycles. The average Bonchev–Trinajstić information content (AvgIpc) is 2.58. The number of nitrogens with zero attached hydrogens (tertiary/aromatic N) is 3. The lowest BCUT2D eigenvalue weighted by Crippen LogP contribution is -2.37. The van der Waals surface area contributed by atoms with Gasteiger partial charge in [0, 0.05) is 37.7 Å². The Labute approximate surface area is 138 Å². The first-order chi connectivity index (χ1) is 11.3. The number of hydrogen-bond donors (Lipinski definition) is 0. The molecule has 0 amide bonds. The van der Waals surface area contributed by atoms with Crippen molar-refractivity contribution in [3.8, 4) is 11.6 Å². The predicted octanol–water partition coefficient (Wildman–Crippen LogP) is 2.83. The van der Waals surface area contributed by atoms with Crippen molar-refractivity contribution in [3.63, 3.8) is 0 Å². The molecule has 0 unspecified atom stereocenters. The molecular formula is C16H18FN3O2S. The van der Waals surface area contributed by atoms with Crippen LogP contribution in [-0.2, 0) is 4.74 Å². The third-order valence-corrected chi connectivity index (χ3v) is 4.23. The third kappa shape index (κ3) is 5.16. The molecule has 0 radical (unpaired) electrons. The van der Waals surface area contributed by atoms with Gasteiger partial charge in [0.1, 0.15) is 11.6 Å². The highest BCUT2D eigenvalue weighted by molar-refractivity contribution is 7.99. The highest BCUT2D eigenvalue weighted by atomic mass is 32.2. The minimum Gasteiger partial charge on any atom is -0.439 e. The zero-order valence-electron chi connectivity index (χ0n) is 12.7. The fourth-order valence-corrected chi connectivity index (χ4v) is 2.99. The summed E-state index contributed by atoms with van der Waals surface area (Å²) in [6.07, 6.45) is 1.67. The lowest BCUT2D eigenvalue weighted by atomic mass is 10.3. The zero-order valence-corrected chi connectivity index (χ0v) is 13.5. The second-order valence-electron chi connectivity index (χ2n) is 5.04. The quantitative estimate of drug-likeness (QED) is 0.598. The Kier molecular flexibility index (Phi) is 5.79. The molecule has 0 spiro atoms. The van der Waals surface area contributed by atoms with Crippen LogP contribution in [0, 0.1) is 5.82 Å². The normalized spacial score (nSPS) is 15.5. The molecule has 0 atom stereocenters. The molecule has 1 aromatic heterocycles. The zero-order chi connectivity index (χ0) is 15.9. The van der Waals surface area contributed by atoms with Crippen LogP contribution in [0.15, 0.2) is 41.7 Å². The van der Waals surface area contributed by atoms with Gasteiger partial charge >= 0.3 is 0 Å². The van der Waals surface area contributed by atoms with Crippen molar-refractivity contribution in [2.24, 2.45) is 0 Å². The van der Waals surface area contributed by atoms with Crippen LogP contribution in [0.2, 0.25) is 0 Å². The van der Waals surface area contributed by atoms with Crippen LogP contribution in [0.25, 0.3) is 0 Å². The van der Waals surface area contributed by atoms with Crippen LogP contribution < -0.4 is 4.74 Å². The van der Waals surface area contributed by atoms with Gasteiger partial charge in [0.2, 0.25) is 5.88 Å². The van der Waals surface area contributed by atoms with E-state index in [2.05, 4.69) is 14.9 Å². The number of ether oxygens (including phenoxy) is 2. The smallest absolute Gasteiger partial charge is 0.223 e. The largest absolute Gasteiger partial charge is 0.439 e. The molecule has 2 aromatic rings. The third-order valence-electron chi connectivity index (χ3n) is 3.39. The summed E-state index contributed by atoms with van der Waals surface area (Å²) in [7, 11) is 0. The van der Waals surface area contributed by atoms with Gasteiger partial charge in [-0.05, 0) is 24.3 Å². The van der Waals surface area contributed by atoms with Crippen LogP contribution in [0.5, 0.6) is 11.6 Å². The summed E-state index contributed by atoms with van der Waals surface area (Å²) in [4.78, 5) is 11.0. The average molecular weight is 335 g/mol. The predicted molar refractivity (Wildman–Crippen MR) is 86.5 cm³/mol. The number of benzene rings is 1. The Balaban J connectivity index is 1.51. The maximum absolute atomic E-state index is 12.9. The van der Waals surface area contributed by atoms with Crippen LogP contribution >= 0.6 is 11.8 Å². The van der Waals surface area contributed by atoms with Gasteiger partial charge in [-0.3, -0.25) is 4.90 Å². The van der Waals surface area contributed by atoms with Crippen LogP contribution in [-0.4, -0.2) is 53.5 Å². The summed E-state index contributed by atoms with van der Waals surface area (Å²) in [6, 6.07) is 7.55. The Morgan fingerprint density at radius 2 is 1.96 bits per heavy atom. The van der Waals surface area contributed by atoms with E-state index < -0.39 is 0 Å². The van der Waals surface area contributed by atoms with Crippen molar-refractivity contribution in [2.75, 3.05) is 38.6 Å². The van der Waals surface area contributed by atoms with E-state index in [-0.39, 0.29) is 5.82 Å². The number of rotatable bonds is 6. The molecule has 1 aromatic carbocycles. The monoisotopic (exact) mass is 335 g/mol. The first kappa shape index (κ1) is 16.2. The van der Waals surface area contributed by atoms with E-state index in [9.17, 15) is 4.39 Å². The first-order valence-electron chi connectivity index (χ1n) is 7.49. The van der Waals surface area contributed by atoms with Gasteiger partial charge in [0.05, 0.1) is 13.2 Å². The summed E-state index contributed by atoms with van der Waals surface area (Å²) in [6.45, 7) is 4.56. The van der Waals surface area contributed by atoms with E-state index in [1.54, 1.807) is 36.2 Å². The van der Waals surface area contributed by atoms with Crippen molar-refractivity contribution < 1.29 is 13.9 Å². The summed E-state index contributed by atoms with van der Waals surface area (Å²) < 4.78 is 23.8. The SMILES string of the molecule is Fc1ccc(Oc2ccnc(SCCN3CCOCC3)n2)cc1. The van der Waals surface area contributed by atoms with E-state index in [1.807, 2.05) is 0 Å². The molecule has 0 N–H and O–H groups in total. The number of morpholine rings is 1. The van der Waals surface area contributed by atoms with Gasteiger partial charge in [-0.2, -0.15) is 4.98 Å². The molecule has 23 heavy (non-hydrogen) atoms. The van der Waals surface area contributed by atoms with Crippen LogP contribution in [0.1, 0.15) is 0 Å². The number of hydrogen-bond acceptors (Lipinski definition) is 6. The highest BCUT2D eigenvalue weighted by Gasteiger charge is 2.10. The van der Waals surface area contributed by atoms with Gasteiger partial charge in [-0.1, -0.05) is 11.8 Å². The maximum atomic E-state index is 12.9. The topological polar surface area (TPSA) is 47.5 Å². The Morgan fingerprint density at radius 3 is 2.74 bits per heavy atom. The minimum atomic E-state index is -0.292. The Hall–Kier alpha value is -1.70. The molecule has 1 aliphatic rings. The molecule has 1 fully saturated rings. The van der Waals surface area contributed by atoms with E-state index in [0.717, 1.165) is 38.6 Å². The van der Waals surface area contributed by atoms with E-state index in [4.69, 9.17) is 9.47 Å². The van der Waals surface area contributed by atoms with Gasteiger partial charge in [0.25, 0.3) is 0 Å². The fourth-order valence-electron chi connectivity index (χ4n) is 2.17. The van der Waals surface area contributed by atoms with Crippen LogP contribution in [0.3, 0.4) is 0 Å². The molecule has 7 heteroatoms. The number of thioether (sulfide) groups is 1. The maximum Gasteiger partial charge on any atom is 0.223 e. The molecule has 0 saturated carbocycles. The molecule has 3 rings (SSSR count). The minimum absolute atomic E-state index is 0.292. The molecule has 122 valence electrons. The lowest BCUT2D eigenvalue weighted by molar-refractivity contribution is 0.0410. The Morgan fingerprint density at radius 1 is 1.17 bits per heavy atom. The van der Waals surface area contributed by atoms with Gasteiger partial charge < -0.3 is 9.47 Å². The molecule has 0 aliphatic carbocycles. The van der Waals surface area contributed by atoms with Crippen molar-refractivity contribution in [2.45, 2.75) is 5.16 Å². The molecule has 0 bridgehead atoms. The van der Waals surface area contributed by atoms with E-state index >= 15 is 0 Å². The Bertz CT molecular complexity index is 621. The van der Waals surface area contributed by atoms with Crippen molar-refractivity contribution in [3.05, 3.63) is 42.3 Å². The molecule has 1 saturated heterocycles. The second-order valence-corrected chi connectivity index (χ2v) is 6.10. The molecule has 5 nitrogen and oxygen atoms in total. The van der Waals surface area contributed by atoms with Crippen LogP contribution in [0.4, 0.5) is 4.39 Å². The highest BCUT2D eigenvalue weighted by Crippen LogP contribution is 2.21. The lowest BCUT2D eigenvalue weighted by Gasteiger charge is -2.26. The summed E-state index contributed by atoms with van der Waals surface area (Å²) in [5.74, 6) is 1.63. The van der Waals surface area contributed by atoms with Crippen molar-refractivity contribution >= 4 is 11.8 Å². The van der Waals surface area contributed by atoms with Crippen molar-refractivity contribution in [1.82, 2.24) is 14.9 Å². The molecule has 2 heterocycles. The van der Waals surface area contributed by atoms with E-state index in [0.29, 0.717) is 16.8 Å². The van der Waals surface area contributed by atoms with E-state index in [1.165, 1.54) is 12.1 Å². The fraction of sp³-hybridized carbons (Fsp3) is 0.375. The summed E-state index contributed by atoms with van der Waals surface area (Å²) >= 11 is 1.60. The van der Waals surface area contributed by atoms with Gasteiger partial charge in [0.15, 0.2) is 5.16 Å².